The van der Waals surface area contributed by atoms with E-state index in [1.807, 2.05) is 37.3 Å². The maximum Gasteiger partial charge on any atom is 0.255 e. The number of guanidine groups is 1. The number of aliphatic imine (C=N–C) groups is 1. The average Bonchev–Trinajstić information content (AvgIpc) is 3.19. The predicted molar refractivity (Wildman–Crippen MR) is 119 cm³/mol. The van der Waals surface area contributed by atoms with Crippen molar-refractivity contribution in [2.75, 3.05) is 31.1 Å². The van der Waals surface area contributed by atoms with Crippen molar-refractivity contribution >= 4 is 29.3 Å². The van der Waals surface area contributed by atoms with Gasteiger partial charge in [0, 0.05) is 31.9 Å². The summed E-state index contributed by atoms with van der Waals surface area (Å²) in [6, 6.07) is 11.4. The molecular formula is C21H27ClN6O2. The van der Waals surface area contributed by atoms with E-state index < -0.39 is 5.91 Å². The molecule has 4 N–H and O–H groups in total. The van der Waals surface area contributed by atoms with Crippen LogP contribution in [-0.4, -0.2) is 49.1 Å². The molecule has 1 amide bonds. The number of primary amides is 1. The molecule has 8 nitrogen and oxygen atoms in total. The summed E-state index contributed by atoms with van der Waals surface area (Å²) in [5.74, 6) is 1.66. The number of benzene rings is 1. The number of anilines is 1. The molecule has 1 fully saturated rings. The van der Waals surface area contributed by atoms with Crippen molar-refractivity contribution in [3.05, 3.63) is 53.2 Å². The molecular weight excluding hydrogens is 404 g/mol. The number of carbonyl (C=O) groups is 1. The number of nitrogens with zero attached hydrogens (tertiary/aromatic N) is 3. The Hall–Kier alpha value is -3.00. The Morgan fingerprint density at radius 1 is 1.40 bits per heavy atom. The fraction of sp³-hybridized carbons (Fsp3) is 0.381. The van der Waals surface area contributed by atoms with Gasteiger partial charge in [-0.25, -0.2) is 9.98 Å². The van der Waals surface area contributed by atoms with E-state index in [2.05, 4.69) is 25.5 Å². The van der Waals surface area contributed by atoms with Gasteiger partial charge in [-0.2, -0.15) is 0 Å². The third-order valence-corrected chi connectivity index (χ3v) is 4.91. The summed E-state index contributed by atoms with van der Waals surface area (Å²) in [4.78, 5) is 22.2. The summed E-state index contributed by atoms with van der Waals surface area (Å²) in [6.45, 7) is 4.81. The zero-order valence-corrected chi connectivity index (χ0v) is 17.7. The number of aromatic nitrogens is 1. The summed E-state index contributed by atoms with van der Waals surface area (Å²) in [5.41, 5.74) is 6.10. The molecule has 0 bridgehead atoms. The van der Waals surface area contributed by atoms with Gasteiger partial charge in [-0.05, 0) is 43.2 Å². The summed E-state index contributed by atoms with van der Waals surface area (Å²) < 4.78 is 5.36. The van der Waals surface area contributed by atoms with Crippen LogP contribution in [0.1, 0.15) is 18.9 Å². The maximum atomic E-state index is 10.9. The molecule has 1 aliphatic heterocycles. The molecule has 2 aromatic rings. The van der Waals surface area contributed by atoms with Crippen LogP contribution in [0, 0.1) is 0 Å². The Kier molecular flexibility index (Phi) is 7.73. The van der Waals surface area contributed by atoms with Crippen LogP contribution in [0.2, 0.25) is 5.02 Å². The number of carbonyl (C=O) groups excluding carboxylic acids is 1. The van der Waals surface area contributed by atoms with E-state index >= 15 is 0 Å². The predicted octanol–water partition coefficient (Wildman–Crippen LogP) is 1.93. The lowest BCUT2D eigenvalue weighted by Gasteiger charge is -2.20. The molecule has 1 unspecified atom stereocenters. The minimum atomic E-state index is -0.505. The Labute approximate surface area is 181 Å². The van der Waals surface area contributed by atoms with E-state index in [0.29, 0.717) is 17.3 Å². The van der Waals surface area contributed by atoms with Gasteiger partial charge in [0.15, 0.2) is 12.6 Å². The fourth-order valence-corrected chi connectivity index (χ4v) is 3.49. The van der Waals surface area contributed by atoms with Crippen LogP contribution in [0.5, 0.6) is 5.75 Å². The highest BCUT2D eigenvalue weighted by molar-refractivity contribution is 6.32. The van der Waals surface area contributed by atoms with Crippen LogP contribution in [0.3, 0.4) is 0 Å². The van der Waals surface area contributed by atoms with Crippen molar-refractivity contribution in [3.63, 3.8) is 0 Å². The number of nitrogens with two attached hydrogens (primary N) is 1. The molecule has 0 saturated carbocycles. The molecule has 1 aliphatic rings. The Morgan fingerprint density at radius 3 is 3.03 bits per heavy atom. The van der Waals surface area contributed by atoms with Crippen molar-refractivity contribution < 1.29 is 9.53 Å². The smallest absolute Gasteiger partial charge is 0.255 e. The summed E-state index contributed by atoms with van der Waals surface area (Å²) in [7, 11) is 0. The number of amides is 1. The molecule has 0 radical (unpaired) electrons. The monoisotopic (exact) mass is 430 g/mol. The van der Waals surface area contributed by atoms with Gasteiger partial charge in [0.05, 0.1) is 11.6 Å². The molecule has 1 atom stereocenters. The lowest BCUT2D eigenvalue weighted by molar-refractivity contribution is -0.119. The molecule has 1 aromatic heterocycles. The first-order valence-electron chi connectivity index (χ1n) is 9.95. The average molecular weight is 431 g/mol. The standard InChI is InChI=1S/C21H27ClN6O2/c1-2-24-21(26-12-15-5-3-6-17(11-15)30-14-19(23)29)27-16-8-10-28(13-16)20-18(22)7-4-9-25-20/h3-7,9,11,16H,2,8,10,12-14H2,1H3,(H2,23,29)(H2,24,26,27). The Balaban J connectivity index is 1.59. The molecule has 3 rings (SSSR count). The van der Waals surface area contributed by atoms with E-state index in [9.17, 15) is 4.79 Å². The molecule has 9 heteroatoms. The summed E-state index contributed by atoms with van der Waals surface area (Å²) in [6.07, 6.45) is 2.72. The topological polar surface area (TPSA) is 105 Å². The van der Waals surface area contributed by atoms with Gasteiger partial charge >= 0.3 is 0 Å². The highest BCUT2D eigenvalue weighted by Crippen LogP contribution is 2.25. The second-order valence-corrected chi connectivity index (χ2v) is 7.39. The van der Waals surface area contributed by atoms with Gasteiger partial charge in [0.25, 0.3) is 5.91 Å². The minimum Gasteiger partial charge on any atom is -0.484 e. The van der Waals surface area contributed by atoms with E-state index in [-0.39, 0.29) is 12.6 Å². The van der Waals surface area contributed by atoms with Crippen LogP contribution in [0.15, 0.2) is 47.6 Å². The fourth-order valence-electron chi connectivity index (χ4n) is 3.25. The first-order valence-corrected chi connectivity index (χ1v) is 10.3. The number of pyridine rings is 1. The SMILES string of the molecule is CCNC(=NCc1cccc(OCC(N)=O)c1)NC1CCN(c2ncccc2Cl)C1. The van der Waals surface area contributed by atoms with Gasteiger partial charge < -0.3 is 26.0 Å². The summed E-state index contributed by atoms with van der Waals surface area (Å²) >= 11 is 6.28. The third kappa shape index (κ3) is 6.25. The number of nitrogens with one attached hydrogen (secondary N) is 2. The summed E-state index contributed by atoms with van der Waals surface area (Å²) in [5, 5.41) is 7.45. The van der Waals surface area contributed by atoms with Crippen molar-refractivity contribution in [2.45, 2.75) is 25.9 Å². The number of hydrogen-bond donors (Lipinski definition) is 3. The van der Waals surface area contributed by atoms with E-state index in [4.69, 9.17) is 22.1 Å². The van der Waals surface area contributed by atoms with Crippen LogP contribution >= 0.6 is 11.6 Å². The third-order valence-electron chi connectivity index (χ3n) is 4.61. The number of rotatable bonds is 8. The van der Waals surface area contributed by atoms with Crippen LogP contribution in [0.4, 0.5) is 5.82 Å². The highest BCUT2D eigenvalue weighted by Gasteiger charge is 2.25. The Morgan fingerprint density at radius 2 is 2.27 bits per heavy atom. The van der Waals surface area contributed by atoms with Gasteiger partial charge in [-0.3, -0.25) is 4.79 Å². The number of halogens is 1. The zero-order chi connectivity index (χ0) is 21.3. The molecule has 0 spiro atoms. The molecule has 2 heterocycles. The quantitative estimate of drug-likeness (QED) is 0.436. The van der Waals surface area contributed by atoms with Crippen LogP contribution in [0.25, 0.3) is 0 Å². The van der Waals surface area contributed by atoms with Crippen molar-refractivity contribution in [1.82, 2.24) is 15.6 Å². The minimum absolute atomic E-state index is 0.143. The molecule has 30 heavy (non-hydrogen) atoms. The van der Waals surface area contributed by atoms with Crippen molar-refractivity contribution in [3.8, 4) is 5.75 Å². The molecule has 1 aromatic carbocycles. The number of hydrogen-bond acceptors (Lipinski definition) is 5. The van der Waals surface area contributed by atoms with Crippen molar-refractivity contribution in [2.24, 2.45) is 10.7 Å². The number of ether oxygens (including phenoxy) is 1. The molecule has 1 saturated heterocycles. The van der Waals surface area contributed by atoms with E-state index in [0.717, 1.165) is 43.4 Å². The largest absolute Gasteiger partial charge is 0.484 e. The van der Waals surface area contributed by atoms with Crippen LogP contribution < -0.4 is 26.0 Å². The molecule has 0 aliphatic carbocycles. The van der Waals surface area contributed by atoms with Gasteiger partial charge in [0.2, 0.25) is 0 Å². The Bertz CT molecular complexity index is 891. The second kappa shape index (κ2) is 10.7. The highest BCUT2D eigenvalue weighted by atomic mass is 35.5. The lowest BCUT2D eigenvalue weighted by Crippen LogP contribution is -2.44. The van der Waals surface area contributed by atoms with E-state index in [1.165, 1.54) is 0 Å². The second-order valence-electron chi connectivity index (χ2n) is 6.98. The first-order chi connectivity index (χ1) is 14.5. The molecule has 160 valence electrons. The maximum absolute atomic E-state index is 10.9. The van der Waals surface area contributed by atoms with Crippen molar-refractivity contribution in [1.29, 1.82) is 0 Å². The lowest BCUT2D eigenvalue weighted by atomic mass is 10.2. The van der Waals surface area contributed by atoms with Gasteiger partial charge in [-0.15, -0.1) is 0 Å². The van der Waals surface area contributed by atoms with Crippen LogP contribution in [-0.2, 0) is 11.3 Å². The van der Waals surface area contributed by atoms with E-state index in [1.54, 1.807) is 12.3 Å². The van der Waals surface area contributed by atoms with Gasteiger partial charge in [-0.1, -0.05) is 23.7 Å². The zero-order valence-electron chi connectivity index (χ0n) is 17.0. The normalized spacial score (nSPS) is 16.4. The van der Waals surface area contributed by atoms with Gasteiger partial charge in [0.1, 0.15) is 11.6 Å². The first kappa shape index (κ1) is 21.7.